The molecule has 0 amide bonds. The van der Waals surface area contributed by atoms with Crippen LogP contribution in [0, 0.1) is 0 Å². The van der Waals surface area contributed by atoms with Crippen molar-refractivity contribution in [3.8, 4) is 0 Å². The van der Waals surface area contributed by atoms with E-state index in [2.05, 4.69) is 0 Å². The molecule has 1 fully saturated rings. The average molecular weight is 406 g/mol. The Kier molecular flexibility index (Phi) is 5.51. The van der Waals surface area contributed by atoms with Crippen LogP contribution in [0.2, 0.25) is 0 Å². The zero-order chi connectivity index (χ0) is 20.4. The van der Waals surface area contributed by atoms with Gasteiger partial charge in [0.25, 0.3) is 0 Å². The Labute approximate surface area is 163 Å². The predicted octanol–water partition coefficient (Wildman–Crippen LogP) is 3.84. The van der Waals surface area contributed by atoms with Crippen LogP contribution in [-0.2, 0) is 33.0 Å². The van der Waals surface area contributed by atoms with E-state index < -0.39 is 31.0 Å². The van der Waals surface area contributed by atoms with E-state index in [0.717, 1.165) is 0 Å². The number of Topliss-reactive ketones (excluding diaryl/α,β-unsaturated/α-hetero) is 2. The van der Waals surface area contributed by atoms with Crippen molar-refractivity contribution in [3.05, 3.63) is 71.8 Å². The standard InChI is InChI=1S/C20H23O7P/c1-15(21)20(17-13-9-6-10-14-17)19(18(22)16-11-7-5-8-12-16)26-28(23-2,24-3,25-4)27-20/h5-14,19H,1-4H3. The molecule has 0 aromatic heterocycles. The van der Waals surface area contributed by atoms with Crippen molar-refractivity contribution in [1.82, 2.24) is 0 Å². The summed E-state index contributed by atoms with van der Waals surface area (Å²) in [5, 5.41) is 0. The minimum absolute atomic E-state index is 0.361. The predicted molar refractivity (Wildman–Crippen MR) is 103 cm³/mol. The summed E-state index contributed by atoms with van der Waals surface area (Å²) >= 11 is 0. The van der Waals surface area contributed by atoms with Gasteiger partial charge >= 0.3 is 163 Å². The fraction of sp³-hybridized carbons (Fsp3) is 0.300. The summed E-state index contributed by atoms with van der Waals surface area (Å²) in [6, 6.07) is 17.2. The molecule has 0 saturated carbocycles. The van der Waals surface area contributed by atoms with Crippen LogP contribution in [0.3, 0.4) is 0 Å². The average Bonchev–Trinajstić information content (AvgIpc) is 3.09. The summed E-state index contributed by atoms with van der Waals surface area (Å²) in [7, 11) is -0.816. The van der Waals surface area contributed by atoms with Gasteiger partial charge in [-0.1, -0.05) is 0 Å². The summed E-state index contributed by atoms with van der Waals surface area (Å²) in [4.78, 5) is 26.4. The van der Waals surface area contributed by atoms with Crippen LogP contribution in [0.25, 0.3) is 0 Å². The van der Waals surface area contributed by atoms with E-state index in [-0.39, 0.29) is 0 Å². The molecule has 1 aliphatic rings. The molecule has 1 heterocycles. The molecule has 2 atom stereocenters. The van der Waals surface area contributed by atoms with Gasteiger partial charge in [0.1, 0.15) is 0 Å². The molecule has 2 aromatic carbocycles. The Morgan fingerprint density at radius 3 is 1.86 bits per heavy atom. The van der Waals surface area contributed by atoms with E-state index in [1.807, 2.05) is 0 Å². The first-order valence-electron chi connectivity index (χ1n) is 8.63. The number of hydrogen-bond donors (Lipinski definition) is 0. The van der Waals surface area contributed by atoms with Crippen molar-refractivity contribution in [1.29, 1.82) is 0 Å². The fourth-order valence-electron chi connectivity index (χ4n) is 3.34. The van der Waals surface area contributed by atoms with Crippen LogP contribution >= 0.6 is 7.74 Å². The van der Waals surface area contributed by atoms with Gasteiger partial charge in [0, 0.05) is 0 Å². The molecule has 0 spiro atoms. The molecular formula is C20H23O7P. The molecule has 2 unspecified atom stereocenters. The van der Waals surface area contributed by atoms with Gasteiger partial charge in [-0.25, -0.2) is 0 Å². The SMILES string of the molecule is COP1(OC)(OC)OC(C(=O)c2ccccc2)C(C(C)=O)(c2ccccc2)O1. The van der Waals surface area contributed by atoms with Crippen LogP contribution in [-0.4, -0.2) is 39.0 Å². The van der Waals surface area contributed by atoms with Crippen LogP contribution in [0.4, 0.5) is 0 Å². The maximum absolute atomic E-state index is 13.4. The zero-order valence-electron chi connectivity index (χ0n) is 16.2. The Morgan fingerprint density at radius 2 is 1.39 bits per heavy atom. The molecule has 1 saturated heterocycles. The summed E-state index contributed by atoms with van der Waals surface area (Å²) in [5.41, 5.74) is -0.998. The van der Waals surface area contributed by atoms with Gasteiger partial charge in [0.05, 0.1) is 0 Å². The molecule has 0 aliphatic carbocycles. The summed E-state index contributed by atoms with van der Waals surface area (Å²) in [6.07, 6.45) is -1.37. The first-order chi connectivity index (χ1) is 13.4. The first kappa shape index (κ1) is 20.7. The molecule has 0 bridgehead atoms. The van der Waals surface area contributed by atoms with E-state index in [9.17, 15) is 9.59 Å². The van der Waals surface area contributed by atoms with Crippen molar-refractivity contribution < 1.29 is 32.2 Å². The van der Waals surface area contributed by atoms with Crippen molar-refractivity contribution in [3.63, 3.8) is 0 Å². The number of benzene rings is 2. The van der Waals surface area contributed by atoms with Crippen LogP contribution in [0.15, 0.2) is 60.7 Å². The van der Waals surface area contributed by atoms with Gasteiger partial charge < -0.3 is 0 Å². The Bertz CT molecular complexity index is 856. The summed E-state index contributed by atoms with van der Waals surface area (Å²) in [6.45, 7) is 1.33. The van der Waals surface area contributed by atoms with Crippen molar-refractivity contribution in [2.45, 2.75) is 18.6 Å². The van der Waals surface area contributed by atoms with E-state index in [1.54, 1.807) is 60.7 Å². The molecule has 8 heteroatoms. The van der Waals surface area contributed by atoms with Crippen LogP contribution in [0.1, 0.15) is 22.8 Å². The molecule has 1 aliphatic heterocycles. The number of hydrogen-bond acceptors (Lipinski definition) is 7. The molecule has 0 radical (unpaired) electrons. The van der Waals surface area contributed by atoms with Crippen molar-refractivity contribution >= 4 is 19.3 Å². The molecule has 28 heavy (non-hydrogen) atoms. The molecule has 2 aromatic rings. The normalized spacial score (nSPS) is 26.9. The quantitative estimate of drug-likeness (QED) is 0.511. The molecule has 0 N–H and O–H groups in total. The van der Waals surface area contributed by atoms with Gasteiger partial charge in [-0.2, -0.15) is 0 Å². The second-order valence-electron chi connectivity index (χ2n) is 6.26. The second kappa shape index (κ2) is 7.44. The number of carbonyl (C=O) groups is 2. The topological polar surface area (TPSA) is 80.3 Å². The van der Waals surface area contributed by atoms with Crippen LogP contribution in [0.5, 0.6) is 0 Å². The zero-order valence-corrected chi connectivity index (χ0v) is 17.1. The summed E-state index contributed by atoms with van der Waals surface area (Å²) in [5.74, 6) is -0.886. The third kappa shape index (κ3) is 3.01. The van der Waals surface area contributed by atoms with Gasteiger partial charge in [-0.05, 0) is 0 Å². The van der Waals surface area contributed by atoms with Gasteiger partial charge in [0.15, 0.2) is 0 Å². The molecule has 3 rings (SSSR count). The van der Waals surface area contributed by atoms with Crippen LogP contribution < -0.4 is 0 Å². The van der Waals surface area contributed by atoms with E-state index in [0.29, 0.717) is 11.1 Å². The second-order valence-corrected chi connectivity index (χ2v) is 9.24. The van der Waals surface area contributed by atoms with Gasteiger partial charge in [-0.3, -0.25) is 0 Å². The number of rotatable bonds is 7. The molecule has 150 valence electrons. The first-order valence-corrected chi connectivity index (χ1v) is 10.5. The van der Waals surface area contributed by atoms with Crippen molar-refractivity contribution in [2.24, 2.45) is 0 Å². The minimum atomic E-state index is -4.68. The Morgan fingerprint density at radius 1 is 0.893 bits per heavy atom. The Hall–Kier alpha value is -1.99. The third-order valence-electron chi connectivity index (χ3n) is 4.86. The van der Waals surface area contributed by atoms with E-state index in [1.165, 1.54) is 28.3 Å². The number of carbonyl (C=O) groups excluding carboxylic acids is 2. The number of ketones is 2. The Balaban J connectivity index is 2.26. The van der Waals surface area contributed by atoms with Gasteiger partial charge in [-0.15, -0.1) is 0 Å². The fourth-order valence-corrected chi connectivity index (χ4v) is 5.70. The third-order valence-corrected chi connectivity index (χ3v) is 7.79. The molecular weight excluding hydrogens is 383 g/mol. The monoisotopic (exact) mass is 406 g/mol. The van der Waals surface area contributed by atoms with E-state index in [4.69, 9.17) is 22.6 Å². The van der Waals surface area contributed by atoms with Gasteiger partial charge in [0.2, 0.25) is 0 Å². The summed E-state index contributed by atoms with van der Waals surface area (Å²) < 4.78 is 28.5. The maximum atomic E-state index is 13.4. The van der Waals surface area contributed by atoms with E-state index >= 15 is 0 Å². The van der Waals surface area contributed by atoms with Crippen molar-refractivity contribution in [2.75, 3.05) is 21.3 Å². The molecule has 7 nitrogen and oxygen atoms in total.